The number of nitrogens with one attached hydrogen (secondary N) is 1. The maximum absolute atomic E-state index is 13.1. The maximum atomic E-state index is 13.1. The van der Waals surface area contributed by atoms with Crippen LogP contribution in [0.4, 0.5) is 5.69 Å². The quantitative estimate of drug-likeness (QED) is 0.423. The van der Waals surface area contributed by atoms with E-state index in [9.17, 15) is 9.59 Å². The molecule has 7 nitrogen and oxygen atoms in total. The molecule has 1 N–H and O–H groups in total. The molecule has 1 saturated carbocycles. The highest BCUT2D eigenvalue weighted by Crippen LogP contribution is 2.30. The van der Waals surface area contributed by atoms with Crippen molar-refractivity contribution in [3.05, 3.63) is 48.5 Å². The number of oxazole rings is 1. The summed E-state index contributed by atoms with van der Waals surface area (Å²) < 4.78 is 5.84. The predicted octanol–water partition coefficient (Wildman–Crippen LogP) is 4.86. The highest BCUT2D eigenvalue weighted by molar-refractivity contribution is 5.95. The zero-order valence-electron chi connectivity index (χ0n) is 21.0. The van der Waals surface area contributed by atoms with Crippen LogP contribution in [-0.2, 0) is 9.59 Å². The average molecular weight is 477 g/mol. The molecule has 0 aliphatic heterocycles. The number of benzene rings is 2. The van der Waals surface area contributed by atoms with Gasteiger partial charge in [0.1, 0.15) is 5.52 Å². The van der Waals surface area contributed by atoms with Crippen LogP contribution in [0.1, 0.15) is 44.9 Å². The minimum absolute atomic E-state index is 0.0675. The summed E-state index contributed by atoms with van der Waals surface area (Å²) >= 11 is 0. The first kappa shape index (κ1) is 24.9. The van der Waals surface area contributed by atoms with Crippen molar-refractivity contribution in [3.8, 4) is 11.5 Å². The smallest absolute Gasteiger partial charge is 0.229 e. The topological polar surface area (TPSA) is 78.7 Å². The molecule has 186 valence electrons. The summed E-state index contributed by atoms with van der Waals surface area (Å²) in [7, 11) is 5.95. The van der Waals surface area contributed by atoms with Gasteiger partial charge in [0.2, 0.25) is 17.7 Å². The number of carbonyl (C=O) groups is 2. The standard InChI is InChI=1S/C28H36N4O3/c1-31(2)18-8-4-5-11-26(33)29-22-15-12-21(19-22)28(34)32(3)23-16-13-20(14-17-23)27-30-24-9-6-7-10-25(24)35-27/h6-7,9-10,13-14,16-17,21-22H,4-5,8,11-12,15,18-19H2,1-3H3,(H,29,33). The van der Waals surface area contributed by atoms with Crippen LogP contribution < -0.4 is 10.2 Å². The zero-order chi connectivity index (χ0) is 24.8. The van der Waals surface area contributed by atoms with Crippen LogP contribution in [0.5, 0.6) is 0 Å². The van der Waals surface area contributed by atoms with E-state index in [0.717, 1.165) is 61.0 Å². The third-order valence-electron chi connectivity index (χ3n) is 6.78. The van der Waals surface area contributed by atoms with E-state index in [-0.39, 0.29) is 23.8 Å². The molecular weight excluding hydrogens is 440 g/mol. The fourth-order valence-electron chi connectivity index (χ4n) is 4.75. The molecule has 4 rings (SSSR count). The zero-order valence-corrected chi connectivity index (χ0v) is 21.0. The molecule has 0 bridgehead atoms. The van der Waals surface area contributed by atoms with Crippen molar-refractivity contribution >= 4 is 28.6 Å². The lowest BCUT2D eigenvalue weighted by Crippen LogP contribution is -2.35. The van der Waals surface area contributed by atoms with Crippen molar-refractivity contribution in [2.75, 3.05) is 32.6 Å². The first-order chi connectivity index (χ1) is 16.9. The number of carbonyl (C=O) groups excluding carboxylic acids is 2. The molecule has 0 saturated heterocycles. The summed E-state index contributed by atoms with van der Waals surface area (Å²) in [5.74, 6) is 0.706. The third-order valence-corrected chi connectivity index (χ3v) is 6.78. The van der Waals surface area contributed by atoms with Crippen molar-refractivity contribution in [1.82, 2.24) is 15.2 Å². The summed E-state index contributed by atoms with van der Waals surface area (Å²) in [6.45, 7) is 1.06. The lowest BCUT2D eigenvalue weighted by molar-refractivity contribution is -0.123. The average Bonchev–Trinajstić information content (AvgIpc) is 3.50. The van der Waals surface area contributed by atoms with Crippen molar-refractivity contribution in [1.29, 1.82) is 0 Å². The highest BCUT2D eigenvalue weighted by Gasteiger charge is 2.32. The van der Waals surface area contributed by atoms with E-state index < -0.39 is 0 Å². The Morgan fingerprint density at radius 2 is 1.77 bits per heavy atom. The molecule has 7 heteroatoms. The number of amides is 2. The van der Waals surface area contributed by atoms with Crippen LogP contribution in [-0.4, -0.2) is 55.4 Å². The minimum atomic E-state index is -0.0675. The number of hydrogen-bond acceptors (Lipinski definition) is 5. The van der Waals surface area contributed by atoms with Gasteiger partial charge < -0.3 is 19.5 Å². The van der Waals surface area contributed by atoms with E-state index in [0.29, 0.717) is 18.7 Å². The molecule has 0 radical (unpaired) electrons. The maximum Gasteiger partial charge on any atom is 0.229 e. The first-order valence-corrected chi connectivity index (χ1v) is 12.6. The molecule has 2 aromatic carbocycles. The van der Waals surface area contributed by atoms with Gasteiger partial charge in [-0.25, -0.2) is 4.98 Å². The Morgan fingerprint density at radius 3 is 2.51 bits per heavy atom. The Morgan fingerprint density at radius 1 is 1.00 bits per heavy atom. The van der Waals surface area contributed by atoms with E-state index in [1.54, 1.807) is 4.90 Å². The molecule has 3 aromatic rings. The summed E-state index contributed by atoms with van der Waals surface area (Å²) in [5, 5.41) is 3.14. The van der Waals surface area contributed by atoms with Crippen LogP contribution in [0.3, 0.4) is 0 Å². The Labute approximate surface area is 207 Å². The van der Waals surface area contributed by atoms with E-state index in [1.807, 2.05) is 55.6 Å². The lowest BCUT2D eigenvalue weighted by Gasteiger charge is -2.21. The Kier molecular flexibility index (Phi) is 8.18. The van der Waals surface area contributed by atoms with E-state index >= 15 is 0 Å². The van der Waals surface area contributed by atoms with E-state index in [1.165, 1.54) is 0 Å². The van der Waals surface area contributed by atoms with E-state index in [4.69, 9.17) is 4.42 Å². The molecule has 1 heterocycles. The Hall–Kier alpha value is -3.19. The van der Waals surface area contributed by atoms with Gasteiger partial charge >= 0.3 is 0 Å². The van der Waals surface area contributed by atoms with Crippen molar-refractivity contribution in [2.24, 2.45) is 5.92 Å². The molecule has 1 aliphatic carbocycles. The summed E-state index contributed by atoms with van der Waals surface area (Å²) in [4.78, 5) is 33.9. The van der Waals surface area contributed by atoms with Crippen molar-refractivity contribution in [2.45, 2.75) is 51.0 Å². The Balaban J connectivity index is 1.26. The van der Waals surface area contributed by atoms with E-state index in [2.05, 4.69) is 29.3 Å². The van der Waals surface area contributed by atoms with Crippen LogP contribution >= 0.6 is 0 Å². The number of fused-ring (bicyclic) bond motifs is 1. The van der Waals surface area contributed by atoms with Gasteiger partial charge in [-0.2, -0.15) is 0 Å². The first-order valence-electron chi connectivity index (χ1n) is 12.6. The normalized spacial score (nSPS) is 17.7. The number of anilines is 1. The van der Waals surface area contributed by atoms with Gasteiger partial charge in [-0.3, -0.25) is 9.59 Å². The molecule has 1 aliphatic rings. The number of aromatic nitrogens is 1. The van der Waals surface area contributed by atoms with Gasteiger partial charge in [0.25, 0.3) is 0 Å². The number of unbranched alkanes of at least 4 members (excludes halogenated alkanes) is 2. The third kappa shape index (κ3) is 6.48. The van der Waals surface area contributed by atoms with Crippen LogP contribution in [0, 0.1) is 5.92 Å². The lowest BCUT2D eigenvalue weighted by atomic mass is 10.1. The second kappa shape index (κ2) is 11.5. The SMILES string of the molecule is CN(C)CCCCCC(=O)NC1CCC(C(=O)N(C)c2ccc(-c3nc4ccccc4o3)cc2)C1. The largest absolute Gasteiger partial charge is 0.436 e. The predicted molar refractivity (Wildman–Crippen MR) is 139 cm³/mol. The molecule has 2 atom stereocenters. The second-order valence-electron chi connectivity index (χ2n) is 9.82. The molecule has 35 heavy (non-hydrogen) atoms. The van der Waals surface area contributed by atoms with Crippen LogP contribution in [0.2, 0.25) is 0 Å². The molecule has 0 spiro atoms. The van der Waals surface area contributed by atoms with Crippen molar-refractivity contribution < 1.29 is 14.0 Å². The second-order valence-corrected chi connectivity index (χ2v) is 9.82. The molecular formula is C28H36N4O3. The molecule has 2 amide bonds. The monoisotopic (exact) mass is 476 g/mol. The van der Waals surface area contributed by atoms with Gasteiger partial charge in [0, 0.05) is 36.7 Å². The van der Waals surface area contributed by atoms with Crippen LogP contribution in [0.15, 0.2) is 52.9 Å². The number of hydrogen-bond donors (Lipinski definition) is 1. The number of para-hydroxylation sites is 2. The fourth-order valence-corrected chi connectivity index (χ4v) is 4.75. The minimum Gasteiger partial charge on any atom is -0.436 e. The summed E-state index contributed by atoms with van der Waals surface area (Å²) in [5.41, 5.74) is 3.29. The number of nitrogens with zero attached hydrogens (tertiary/aromatic N) is 3. The molecule has 2 unspecified atom stereocenters. The van der Waals surface area contributed by atoms with Gasteiger partial charge in [-0.1, -0.05) is 18.6 Å². The van der Waals surface area contributed by atoms with Gasteiger partial charge in [0.15, 0.2) is 5.58 Å². The summed E-state index contributed by atoms with van der Waals surface area (Å²) in [6, 6.07) is 15.5. The molecule has 1 aromatic heterocycles. The van der Waals surface area contributed by atoms with Gasteiger partial charge in [-0.15, -0.1) is 0 Å². The van der Waals surface area contributed by atoms with Gasteiger partial charge in [-0.05, 0) is 89.1 Å². The Bertz CT molecular complexity index is 1110. The fraction of sp³-hybridized carbons (Fsp3) is 0.464. The number of rotatable bonds is 10. The molecule has 1 fully saturated rings. The highest BCUT2D eigenvalue weighted by atomic mass is 16.3. The summed E-state index contributed by atoms with van der Waals surface area (Å²) in [6.07, 6.45) is 6.02. The van der Waals surface area contributed by atoms with Gasteiger partial charge in [0.05, 0.1) is 0 Å². The van der Waals surface area contributed by atoms with Crippen LogP contribution in [0.25, 0.3) is 22.6 Å². The van der Waals surface area contributed by atoms with Crippen molar-refractivity contribution in [3.63, 3.8) is 0 Å².